The molecule has 0 unspecified atom stereocenters. The Hall–Kier alpha value is -2.80. The van der Waals surface area contributed by atoms with Crippen LogP contribution in [-0.2, 0) is 20.1 Å². The number of hydrogen-bond acceptors (Lipinski definition) is 6. The van der Waals surface area contributed by atoms with Crippen molar-refractivity contribution in [1.82, 2.24) is 5.43 Å². The van der Waals surface area contributed by atoms with Crippen molar-refractivity contribution in [3.05, 3.63) is 65.7 Å². The molecule has 2 rings (SSSR count). The van der Waals surface area contributed by atoms with Gasteiger partial charge in [0.2, 0.25) is 5.91 Å². The van der Waals surface area contributed by atoms with Gasteiger partial charge in [0.1, 0.15) is 5.75 Å². The molecule has 0 saturated carbocycles. The summed E-state index contributed by atoms with van der Waals surface area (Å²) < 4.78 is 9.81. The molecule has 0 atom stereocenters. The average Bonchev–Trinajstić information content (AvgIpc) is 2.67. The number of hydrogen-bond donors (Lipinski definition) is 1. The molecule has 2 aromatic carbocycles. The second kappa shape index (κ2) is 10.9. The summed E-state index contributed by atoms with van der Waals surface area (Å²) in [5.41, 5.74) is 4.41. The lowest BCUT2D eigenvalue weighted by Crippen LogP contribution is -2.19. The first-order valence-corrected chi connectivity index (χ1v) is 9.06. The minimum atomic E-state index is -0.454. The van der Waals surface area contributed by atoms with E-state index in [9.17, 15) is 9.59 Å². The van der Waals surface area contributed by atoms with Gasteiger partial charge in [-0.3, -0.25) is 4.79 Å². The Balaban J connectivity index is 1.73. The lowest BCUT2D eigenvalue weighted by Gasteiger charge is -2.05. The van der Waals surface area contributed by atoms with Crippen molar-refractivity contribution in [2.45, 2.75) is 5.75 Å². The quantitative estimate of drug-likeness (QED) is 0.416. The van der Waals surface area contributed by atoms with E-state index in [0.717, 1.165) is 11.3 Å². The van der Waals surface area contributed by atoms with Crippen LogP contribution in [0.3, 0.4) is 0 Å². The van der Waals surface area contributed by atoms with Gasteiger partial charge in [0.25, 0.3) is 0 Å². The summed E-state index contributed by atoms with van der Waals surface area (Å²) >= 11 is 1.52. The molecule has 0 aliphatic rings. The fraction of sp³-hybridized carbons (Fsp3) is 0.211. The molecule has 0 aliphatic carbocycles. The Labute approximate surface area is 156 Å². The predicted octanol–water partition coefficient (Wildman–Crippen LogP) is 2.62. The fourth-order valence-electron chi connectivity index (χ4n) is 1.93. The standard InChI is InChI=1S/C19H20N2O4S/c1-24-19(23)12-25-17-9-5-8-16(10-17)11-20-21-18(22)14-26-13-15-6-3-2-4-7-15/h2-11H,12-14H2,1H3,(H,21,22). The van der Waals surface area contributed by atoms with E-state index >= 15 is 0 Å². The third-order valence-electron chi connectivity index (χ3n) is 3.19. The van der Waals surface area contributed by atoms with E-state index in [1.807, 2.05) is 36.4 Å². The summed E-state index contributed by atoms with van der Waals surface area (Å²) in [6, 6.07) is 17.0. The normalized spacial score (nSPS) is 10.5. The maximum atomic E-state index is 11.8. The van der Waals surface area contributed by atoms with Crippen molar-refractivity contribution in [1.29, 1.82) is 0 Å². The summed E-state index contributed by atoms with van der Waals surface area (Å²) in [6.07, 6.45) is 1.52. The number of carbonyl (C=O) groups is 2. The van der Waals surface area contributed by atoms with Crippen LogP contribution in [0, 0.1) is 0 Å². The number of methoxy groups -OCH3 is 1. The van der Waals surface area contributed by atoms with Gasteiger partial charge in [-0.25, -0.2) is 10.2 Å². The van der Waals surface area contributed by atoms with Gasteiger partial charge in [0.15, 0.2) is 6.61 Å². The zero-order valence-electron chi connectivity index (χ0n) is 14.4. The van der Waals surface area contributed by atoms with E-state index in [4.69, 9.17) is 4.74 Å². The molecule has 0 heterocycles. The van der Waals surface area contributed by atoms with Crippen LogP contribution in [0.2, 0.25) is 0 Å². The molecule has 1 N–H and O–H groups in total. The van der Waals surface area contributed by atoms with Crippen LogP contribution >= 0.6 is 11.8 Å². The minimum Gasteiger partial charge on any atom is -0.482 e. The largest absolute Gasteiger partial charge is 0.482 e. The molecule has 6 nitrogen and oxygen atoms in total. The molecule has 7 heteroatoms. The highest BCUT2D eigenvalue weighted by Crippen LogP contribution is 2.12. The zero-order valence-corrected chi connectivity index (χ0v) is 15.2. The molecule has 0 aliphatic heterocycles. The number of nitrogens with zero attached hydrogens (tertiary/aromatic N) is 1. The van der Waals surface area contributed by atoms with Gasteiger partial charge < -0.3 is 9.47 Å². The Morgan fingerprint density at radius 2 is 1.96 bits per heavy atom. The van der Waals surface area contributed by atoms with E-state index in [-0.39, 0.29) is 12.5 Å². The van der Waals surface area contributed by atoms with Gasteiger partial charge in [0.05, 0.1) is 19.1 Å². The first-order chi connectivity index (χ1) is 12.7. The molecule has 0 bridgehead atoms. The molecular weight excluding hydrogens is 352 g/mol. The first kappa shape index (κ1) is 19.5. The summed E-state index contributed by atoms with van der Waals surface area (Å²) in [6.45, 7) is -0.160. The SMILES string of the molecule is COC(=O)COc1cccc(C=NNC(=O)CSCc2ccccc2)c1. The number of thioether (sulfide) groups is 1. The number of hydrazone groups is 1. The minimum absolute atomic E-state index is 0.160. The van der Waals surface area contributed by atoms with Crippen LogP contribution in [0.25, 0.3) is 0 Å². The molecule has 0 saturated heterocycles. The Morgan fingerprint density at radius 1 is 1.15 bits per heavy atom. The predicted molar refractivity (Wildman–Crippen MR) is 102 cm³/mol. The number of rotatable bonds is 9. The molecule has 1 amide bonds. The Kier molecular flexibility index (Phi) is 8.21. The lowest BCUT2D eigenvalue weighted by molar-refractivity contribution is -0.142. The van der Waals surface area contributed by atoms with Crippen LogP contribution in [0.4, 0.5) is 0 Å². The topological polar surface area (TPSA) is 77.0 Å². The van der Waals surface area contributed by atoms with Crippen molar-refractivity contribution in [3.8, 4) is 5.75 Å². The van der Waals surface area contributed by atoms with E-state index < -0.39 is 5.97 Å². The first-order valence-electron chi connectivity index (χ1n) is 7.90. The molecule has 136 valence electrons. The number of benzene rings is 2. The van der Waals surface area contributed by atoms with Gasteiger partial charge in [0, 0.05) is 5.75 Å². The van der Waals surface area contributed by atoms with Crippen molar-refractivity contribution < 1.29 is 19.1 Å². The van der Waals surface area contributed by atoms with Crippen molar-refractivity contribution >= 4 is 29.9 Å². The molecule has 0 spiro atoms. The number of nitrogens with one attached hydrogen (secondary N) is 1. The maximum Gasteiger partial charge on any atom is 0.343 e. The highest BCUT2D eigenvalue weighted by Gasteiger charge is 2.03. The summed E-state index contributed by atoms with van der Waals surface area (Å²) in [4.78, 5) is 22.9. The third-order valence-corrected chi connectivity index (χ3v) is 4.19. The molecular formula is C19H20N2O4S. The number of amides is 1. The van der Waals surface area contributed by atoms with Gasteiger partial charge >= 0.3 is 5.97 Å². The summed E-state index contributed by atoms with van der Waals surface area (Å²) in [7, 11) is 1.30. The number of esters is 1. The van der Waals surface area contributed by atoms with E-state index in [1.165, 1.54) is 30.6 Å². The maximum absolute atomic E-state index is 11.8. The van der Waals surface area contributed by atoms with Crippen LogP contribution < -0.4 is 10.2 Å². The van der Waals surface area contributed by atoms with Gasteiger partial charge in [-0.15, -0.1) is 11.8 Å². The highest BCUT2D eigenvalue weighted by molar-refractivity contribution is 7.99. The monoisotopic (exact) mass is 372 g/mol. The van der Waals surface area contributed by atoms with Gasteiger partial charge in [-0.05, 0) is 23.3 Å². The molecule has 2 aromatic rings. The van der Waals surface area contributed by atoms with Gasteiger partial charge in [-0.1, -0.05) is 42.5 Å². The molecule has 0 fully saturated rings. The highest BCUT2D eigenvalue weighted by atomic mass is 32.2. The van der Waals surface area contributed by atoms with Crippen molar-refractivity contribution in [2.75, 3.05) is 19.5 Å². The Morgan fingerprint density at radius 3 is 2.73 bits per heavy atom. The van der Waals surface area contributed by atoms with Crippen molar-refractivity contribution in [3.63, 3.8) is 0 Å². The van der Waals surface area contributed by atoms with Crippen LogP contribution in [0.15, 0.2) is 59.7 Å². The van der Waals surface area contributed by atoms with E-state index in [1.54, 1.807) is 18.2 Å². The second-order valence-corrected chi connectivity index (χ2v) is 6.19. The summed E-state index contributed by atoms with van der Waals surface area (Å²) in [5.74, 6) is 1.00. The van der Waals surface area contributed by atoms with Crippen LogP contribution in [-0.4, -0.2) is 37.6 Å². The lowest BCUT2D eigenvalue weighted by atomic mass is 10.2. The molecule has 0 aromatic heterocycles. The second-order valence-electron chi connectivity index (χ2n) is 5.21. The van der Waals surface area contributed by atoms with Gasteiger partial charge in [-0.2, -0.15) is 5.10 Å². The van der Waals surface area contributed by atoms with Crippen molar-refractivity contribution in [2.24, 2.45) is 5.10 Å². The van der Waals surface area contributed by atoms with Crippen LogP contribution in [0.1, 0.15) is 11.1 Å². The number of carbonyl (C=O) groups excluding carboxylic acids is 2. The van der Waals surface area contributed by atoms with E-state index in [2.05, 4.69) is 15.3 Å². The summed E-state index contributed by atoms with van der Waals surface area (Å²) in [5, 5.41) is 3.93. The average molecular weight is 372 g/mol. The Bertz CT molecular complexity index is 750. The fourth-order valence-corrected chi connectivity index (χ4v) is 2.71. The number of ether oxygens (including phenoxy) is 2. The van der Waals surface area contributed by atoms with E-state index in [0.29, 0.717) is 11.5 Å². The molecule has 26 heavy (non-hydrogen) atoms. The zero-order chi connectivity index (χ0) is 18.6. The van der Waals surface area contributed by atoms with Crippen LogP contribution in [0.5, 0.6) is 5.75 Å². The third kappa shape index (κ3) is 7.40. The molecule has 0 radical (unpaired) electrons. The smallest absolute Gasteiger partial charge is 0.343 e.